The molecule has 2 unspecified atom stereocenters. The zero-order valence-electron chi connectivity index (χ0n) is 27.3. The normalized spacial score (nSPS) is 16.1. The lowest BCUT2D eigenvalue weighted by atomic mass is 9.86. The number of cyclic esters (lactones) is 1. The van der Waals surface area contributed by atoms with E-state index in [1.165, 1.54) is 5.56 Å². The molecule has 2 atom stereocenters. The van der Waals surface area contributed by atoms with Crippen LogP contribution in [0, 0.1) is 42.4 Å². The molecule has 0 amide bonds. The number of fused-ring (bicyclic) bond motifs is 1. The molecule has 3 aromatic rings. The highest BCUT2D eigenvalue weighted by Crippen LogP contribution is 2.28. The van der Waals surface area contributed by atoms with Crippen molar-refractivity contribution in [2.24, 2.45) is 23.7 Å². The second-order valence-corrected chi connectivity index (χ2v) is 12.6. The molecule has 2 heterocycles. The highest BCUT2D eigenvalue weighted by Gasteiger charge is 2.30. The molecular weight excluding hydrogens is 552 g/mol. The van der Waals surface area contributed by atoms with E-state index in [1.807, 2.05) is 61.5 Å². The summed E-state index contributed by atoms with van der Waals surface area (Å²) in [6, 6.07) is 16.0. The van der Waals surface area contributed by atoms with Crippen LogP contribution in [0.4, 0.5) is 0 Å². The van der Waals surface area contributed by atoms with Crippen LogP contribution in [0.15, 0.2) is 64.6 Å². The van der Waals surface area contributed by atoms with Gasteiger partial charge < -0.3 is 19.0 Å². The minimum atomic E-state index is -0.431. The number of rotatable bonds is 11. The molecule has 1 aliphatic rings. The summed E-state index contributed by atoms with van der Waals surface area (Å²) >= 11 is 0. The zero-order chi connectivity index (χ0) is 32.2. The molecule has 4 rings (SSSR count). The van der Waals surface area contributed by atoms with Crippen molar-refractivity contribution in [1.29, 1.82) is 0 Å². The smallest absolute Gasteiger partial charge is 0.334 e. The third-order valence-corrected chi connectivity index (χ3v) is 7.59. The highest BCUT2D eigenvalue weighted by molar-refractivity contribution is 5.90. The summed E-state index contributed by atoms with van der Waals surface area (Å²) in [5, 5.41) is 7.97. The van der Waals surface area contributed by atoms with Gasteiger partial charge in [0, 0.05) is 42.0 Å². The Bertz CT molecular complexity index is 1450. The lowest BCUT2D eigenvalue weighted by Crippen LogP contribution is -2.23. The molecule has 0 spiro atoms. The number of benzene rings is 2. The number of aliphatic hydroxyl groups excluding tert-OH is 1. The van der Waals surface area contributed by atoms with Gasteiger partial charge in [-0.2, -0.15) is 0 Å². The van der Waals surface area contributed by atoms with Crippen LogP contribution in [-0.2, 0) is 25.5 Å². The topological polar surface area (TPSA) is 86.0 Å². The molecule has 44 heavy (non-hydrogen) atoms. The molecule has 1 aromatic heterocycles. The van der Waals surface area contributed by atoms with E-state index in [2.05, 4.69) is 46.5 Å². The van der Waals surface area contributed by atoms with Gasteiger partial charge >= 0.3 is 11.9 Å². The molecule has 6 nitrogen and oxygen atoms in total. The number of ether oxygens (including phenoxy) is 2. The molecule has 236 valence electrons. The Kier molecular flexibility index (Phi) is 13.3. The Hall–Kier alpha value is -3.82. The van der Waals surface area contributed by atoms with Crippen molar-refractivity contribution in [3.05, 3.63) is 82.6 Å². The van der Waals surface area contributed by atoms with Crippen LogP contribution >= 0.6 is 0 Å². The van der Waals surface area contributed by atoms with Crippen LogP contribution in [0.1, 0.15) is 82.8 Å². The second kappa shape index (κ2) is 16.9. The number of hydrogen-bond acceptors (Lipinski definition) is 6. The van der Waals surface area contributed by atoms with Crippen molar-refractivity contribution in [2.45, 2.75) is 79.8 Å². The number of allylic oxidation sites excluding steroid dienone is 1. The predicted octanol–water partition coefficient (Wildman–Crippen LogP) is 7.81. The Morgan fingerprint density at radius 1 is 0.977 bits per heavy atom. The summed E-state index contributed by atoms with van der Waals surface area (Å²) in [4.78, 5) is 25.2. The van der Waals surface area contributed by atoms with Crippen molar-refractivity contribution < 1.29 is 28.6 Å². The molecular formula is C38H48O6. The monoisotopic (exact) mass is 600 g/mol. The Morgan fingerprint density at radius 3 is 2.27 bits per heavy atom. The maximum absolute atomic E-state index is 12.8. The average Bonchev–Trinajstić information content (AvgIpc) is 3.56. The molecule has 1 N–H and O–H groups in total. The molecule has 6 heteroatoms. The number of aliphatic hydroxyl groups is 1. The summed E-state index contributed by atoms with van der Waals surface area (Å²) in [6.45, 7) is 12.9. The Balaban J connectivity index is 0.00000259. The first-order chi connectivity index (χ1) is 21.0. The molecule has 0 aliphatic carbocycles. The summed E-state index contributed by atoms with van der Waals surface area (Å²) in [5.41, 5.74) is 4.47. The van der Waals surface area contributed by atoms with Gasteiger partial charge in [0.2, 0.25) is 0 Å². The predicted molar refractivity (Wildman–Crippen MR) is 175 cm³/mol. The number of furan rings is 1. The van der Waals surface area contributed by atoms with Crippen molar-refractivity contribution in [3.8, 4) is 11.8 Å². The molecule has 1 fully saturated rings. The van der Waals surface area contributed by atoms with Crippen LogP contribution in [0.2, 0.25) is 0 Å². The number of carbonyl (C=O) groups is 2. The van der Waals surface area contributed by atoms with E-state index in [-0.39, 0.29) is 18.5 Å². The number of carbonyl (C=O) groups excluding carboxylic acids is 2. The first kappa shape index (κ1) is 34.7. The van der Waals surface area contributed by atoms with Crippen molar-refractivity contribution in [1.82, 2.24) is 0 Å². The van der Waals surface area contributed by atoms with Gasteiger partial charge in [0.1, 0.15) is 24.1 Å². The van der Waals surface area contributed by atoms with Gasteiger partial charge in [0.15, 0.2) is 0 Å². The third kappa shape index (κ3) is 10.7. The molecule has 1 aliphatic heterocycles. The fourth-order valence-electron chi connectivity index (χ4n) is 5.54. The highest BCUT2D eigenvalue weighted by atomic mass is 16.6. The van der Waals surface area contributed by atoms with Gasteiger partial charge in [-0.1, -0.05) is 70.2 Å². The quantitative estimate of drug-likeness (QED) is 0.137. The van der Waals surface area contributed by atoms with Gasteiger partial charge in [-0.3, -0.25) is 4.79 Å². The molecule has 2 aromatic carbocycles. The van der Waals surface area contributed by atoms with E-state index < -0.39 is 12.0 Å². The number of esters is 2. The first-order valence-corrected chi connectivity index (χ1v) is 15.7. The number of hydrogen-bond donors (Lipinski definition) is 1. The van der Waals surface area contributed by atoms with Gasteiger partial charge in [-0.25, -0.2) is 4.79 Å². The Morgan fingerprint density at radius 2 is 1.61 bits per heavy atom. The summed E-state index contributed by atoms with van der Waals surface area (Å²) in [7, 11) is 1.00. The van der Waals surface area contributed by atoms with Crippen LogP contribution in [0.25, 0.3) is 11.0 Å². The third-order valence-electron chi connectivity index (χ3n) is 7.59. The van der Waals surface area contributed by atoms with Gasteiger partial charge in [-0.15, -0.1) is 0 Å². The lowest BCUT2D eigenvalue weighted by Gasteiger charge is -2.19. The van der Waals surface area contributed by atoms with Crippen LogP contribution in [0.3, 0.4) is 0 Å². The minimum absolute atomic E-state index is 0.0663. The first-order valence-electron chi connectivity index (χ1n) is 15.7. The van der Waals surface area contributed by atoms with E-state index in [0.717, 1.165) is 48.5 Å². The molecule has 1 saturated heterocycles. The van der Waals surface area contributed by atoms with Crippen molar-refractivity contribution >= 4 is 22.9 Å². The minimum Gasteiger partial charge on any atom is -0.462 e. The SMILES string of the molecule is CO.Cc1ccc(C#Cc2ccc3cc(CC(C)C(=O)OCC4C/C(=C\CC(CC(C)C)CC(C)C)C(=O)O4)oc3c2)cc1. The maximum Gasteiger partial charge on any atom is 0.334 e. The van der Waals surface area contributed by atoms with Gasteiger partial charge in [0.25, 0.3) is 0 Å². The fourth-order valence-corrected chi connectivity index (χ4v) is 5.54. The zero-order valence-corrected chi connectivity index (χ0v) is 27.3. The van der Waals surface area contributed by atoms with Crippen LogP contribution < -0.4 is 0 Å². The second-order valence-electron chi connectivity index (χ2n) is 12.6. The van der Waals surface area contributed by atoms with E-state index in [9.17, 15) is 9.59 Å². The van der Waals surface area contributed by atoms with Crippen molar-refractivity contribution in [3.63, 3.8) is 0 Å². The lowest BCUT2D eigenvalue weighted by molar-refractivity contribution is -0.155. The van der Waals surface area contributed by atoms with Crippen LogP contribution in [-0.4, -0.2) is 36.9 Å². The molecule has 0 bridgehead atoms. The van der Waals surface area contributed by atoms with E-state index in [4.69, 9.17) is 19.0 Å². The summed E-state index contributed by atoms with van der Waals surface area (Å²) in [6.07, 6.45) is 5.68. The van der Waals surface area contributed by atoms with Gasteiger partial charge in [0.05, 0.1) is 5.92 Å². The summed E-state index contributed by atoms with van der Waals surface area (Å²) in [5.74, 6) is 7.88. The van der Waals surface area contributed by atoms with E-state index in [1.54, 1.807) is 0 Å². The largest absolute Gasteiger partial charge is 0.462 e. The molecule has 0 saturated carbocycles. The van der Waals surface area contributed by atoms with E-state index >= 15 is 0 Å². The van der Waals surface area contributed by atoms with Crippen LogP contribution in [0.5, 0.6) is 0 Å². The number of aryl methyl sites for hydroxylation is 1. The Labute approximate surface area is 262 Å². The summed E-state index contributed by atoms with van der Waals surface area (Å²) < 4.78 is 17.1. The standard InChI is InChI=1S/C37H44O5.CH4O/c1-24(2)17-30(18-25(3)4)14-16-32-22-34(42-37(32)39)23-40-36(38)27(6)19-33-21-31-15-13-29(20-35(31)41-33)12-11-28-9-7-26(5)8-10-28;1-2/h7-10,13,15-16,20-21,24-25,27,30,34H,14,17-19,22-23H2,1-6H3;2H,1H3/b32-16+;. The van der Waals surface area contributed by atoms with Crippen molar-refractivity contribution in [2.75, 3.05) is 13.7 Å². The maximum atomic E-state index is 12.8. The fraction of sp³-hybridized carbons (Fsp3) is 0.474. The average molecular weight is 601 g/mol. The van der Waals surface area contributed by atoms with E-state index in [0.29, 0.717) is 41.9 Å². The van der Waals surface area contributed by atoms with Gasteiger partial charge in [-0.05, 0) is 80.3 Å². The molecule has 0 radical (unpaired) electrons.